The van der Waals surface area contributed by atoms with E-state index in [2.05, 4.69) is 4.98 Å². The van der Waals surface area contributed by atoms with Gasteiger partial charge in [0.15, 0.2) is 0 Å². The minimum atomic E-state index is 0. The van der Waals surface area contributed by atoms with Crippen LogP contribution in [0.25, 0.3) is 10.9 Å². The van der Waals surface area contributed by atoms with Crippen molar-refractivity contribution in [3.05, 3.63) is 33.9 Å². The molecule has 1 aromatic carbocycles. The topological polar surface area (TPSA) is 22.1 Å². The number of ether oxygens (including phenoxy) is 1. The van der Waals surface area contributed by atoms with Crippen molar-refractivity contribution in [3.63, 3.8) is 0 Å². The number of benzene rings is 1. The third kappa shape index (κ3) is 2.19. The second kappa shape index (κ2) is 5.09. The summed E-state index contributed by atoms with van der Waals surface area (Å²) in [5.41, 5.74) is 1.78. The molecule has 0 N–H and O–H groups in total. The summed E-state index contributed by atoms with van der Waals surface area (Å²) < 4.78 is 5.15. The highest BCUT2D eigenvalue weighted by Crippen LogP contribution is 2.34. The van der Waals surface area contributed by atoms with Crippen LogP contribution in [0.1, 0.15) is 5.56 Å². The molecule has 5 heteroatoms. The number of hydrogen-bond acceptors (Lipinski definition) is 2. The van der Waals surface area contributed by atoms with Gasteiger partial charge >= 0.3 is 0 Å². The molecule has 86 valence electrons. The molecule has 0 spiro atoms. The lowest BCUT2D eigenvalue weighted by Gasteiger charge is -2.08. The molecule has 0 saturated heterocycles. The van der Waals surface area contributed by atoms with E-state index < -0.39 is 0 Å². The lowest BCUT2D eigenvalue weighted by molar-refractivity contribution is 0.415. The fourth-order valence-electron chi connectivity index (χ4n) is 1.57. The van der Waals surface area contributed by atoms with E-state index in [0.717, 1.165) is 16.5 Å². The first-order valence-electron chi connectivity index (χ1n) is 4.43. The maximum absolute atomic E-state index is 6.19. The highest BCUT2D eigenvalue weighted by molar-refractivity contribution is 6.37. The highest BCUT2D eigenvalue weighted by Gasteiger charge is 2.09. The maximum atomic E-state index is 6.19. The molecule has 0 aliphatic carbocycles. The Morgan fingerprint density at radius 3 is 2.56 bits per heavy atom. The van der Waals surface area contributed by atoms with E-state index in [4.69, 9.17) is 27.9 Å². The Balaban J connectivity index is 0.00000128. The molecule has 0 aliphatic heterocycles. The Morgan fingerprint density at radius 2 is 1.94 bits per heavy atom. The largest absolute Gasteiger partial charge is 0.495 e. The number of aromatic nitrogens is 1. The van der Waals surface area contributed by atoms with Gasteiger partial charge in [-0.2, -0.15) is 0 Å². The molecular formula is C11H10Cl3NO. The van der Waals surface area contributed by atoms with Crippen LogP contribution >= 0.6 is 35.6 Å². The van der Waals surface area contributed by atoms with Crippen LogP contribution in [0.15, 0.2) is 18.2 Å². The van der Waals surface area contributed by atoms with Crippen molar-refractivity contribution in [2.75, 3.05) is 7.11 Å². The van der Waals surface area contributed by atoms with E-state index in [-0.39, 0.29) is 12.4 Å². The summed E-state index contributed by atoms with van der Waals surface area (Å²) in [7, 11) is 1.59. The first-order chi connectivity index (χ1) is 7.13. The van der Waals surface area contributed by atoms with Gasteiger partial charge in [-0.25, -0.2) is 4.98 Å². The van der Waals surface area contributed by atoms with Crippen molar-refractivity contribution in [2.45, 2.75) is 6.92 Å². The van der Waals surface area contributed by atoms with Crippen LogP contribution in [0.5, 0.6) is 5.75 Å². The number of fused-ring (bicyclic) bond motifs is 1. The summed E-state index contributed by atoms with van der Waals surface area (Å²) in [6.45, 7) is 1.95. The maximum Gasteiger partial charge on any atom is 0.138 e. The van der Waals surface area contributed by atoms with Gasteiger partial charge in [-0.1, -0.05) is 23.2 Å². The third-order valence-corrected chi connectivity index (χ3v) is 2.83. The van der Waals surface area contributed by atoms with Crippen LogP contribution in [0, 0.1) is 6.92 Å². The zero-order valence-corrected chi connectivity index (χ0v) is 11.1. The average molecular weight is 279 g/mol. The first-order valence-corrected chi connectivity index (χ1v) is 5.18. The summed E-state index contributed by atoms with van der Waals surface area (Å²) in [6, 6.07) is 5.42. The Hall–Kier alpha value is -0.700. The number of hydrogen-bond donors (Lipinski definition) is 0. The van der Waals surface area contributed by atoms with Gasteiger partial charge in [0, 0.05) is 5.39 Å². The average Bonchev–Trinajstić information content (AvgIpc) is 2.17. The van der Waals surface area contributed by atoms with Gasteiger partial charge in [0.2, 0.25) is 0 Å². The Morgan fingerprint density at radius 1 is 1.25 bits per heavy atom. The molecule has 0 unspecified atom stereocenters. The minimum absolute atomic E-state index is 0. The van der Waals surface area contributed by atoms with Crippen LogP contribution in [0.4, 0.5) is 0 Å². The van der Waals surface area contributed by atoms with Crippen LogP contribution in [0.2, 0.25) is 10.2 Å². The molecule has 2 nitrogen and oxygen atoms in total. The zero-order chi connectivity index (χ0) is 11.0. The number of nitrogens with zero attached hydrogens (tertiary/aromatic N) is 1. The van der Waals surface area contributed by atoms with E-state index in [1.807, 2.05) is 13.0 Å². The summed E-state index contributed by atoms with van der Waals surface area (Å²) in [4.78, 5) is 4.20. The summed E-state index contributed by atoms with van der Waals surface area (Å²) in [5, 5.41) is 1.94. The molecule has 0 fully saturated rings. The number of halogens is 3. The van der Waals surface area contributed by atoms with Crippen molar-refractivity contribution in [3.8, 4) is 5.75 Å². The number of rotatable bonds is 1. The van der Waals surface area contributed by atoms with Gasteiger partial charge in [-0.15, -0.1) is 12.4 Å². The quantitative estimate of drug-likeness (QED) is 0.726. The second-order valence-corrected chi connectivity index (χ2v) is 4.00. The van der Waals surface area contributed by atoms with Gasteiger partial charge in [0.1, 0.15) is 10.9 Å². The monoisotopic (exact) mass is 277 g/mol. The van der Waals surface area contributed by atoms with E-state index in [9.17, 15) is 0 Å². The standard InChI is InChI=1S/C11H9Cl2NO.ClH/c1-6-5-9(12)14-7-3-4-8(15-2)11(13)10(6)7;/h3-5H,1-2H3;1H. The molecule has 1 aromatic heterocycles. The molecule has 0 bridgehead atoms. The van der Waals surface area contributed by atoms with Gasteiger partial charge in [0.25, 0.3) is 0 Å². The van der Waals surface area contributed by atoms with Crippen molar-refractivity contribution in [1.29, 1.82) is 0 Å². The van der Waals surface area contributed by atoms with Crippen molar-refractivity contribution in [2.24, 2.45) is 0 Å². The fourth-order valence-corrected chi connectivity index (χ4v) is 2.21. The molecule has 2 rings (SSSR count). The normalized spacial score (nSPS) is 10.0. The van der Waals surface area contributed by atoms with E-state index >= 15 is 0 Å². The Bertz CT molecular complexity index is 528. The third-order valence-electron chi connectivity index (χ3n) is 2.26. The van der Waals surface area contributed by atoms with Crippen LogP contribution in [-0.4, -0.2) is 12.1 Å². The molecular weight excluding hydrogens is 268 g/mol. The lowest BCUT2D eigenvalue weighted by Crippen LogP contribution is -1.89. The zero-order valence-electron chi connectivity index (χ0n) is 8.75. The second-order valence-electron chi connectivity index (χ2n) is 3.24. The highest BCUT2D eigenvalue weighted by atomic mass is 35.5. The summed E-state index contributed by atoms with van der Waals surface area (Å²) in [6.07, 6.45) is 0. The molecule has 0 atom stereocenters. The Labute approximate surface area is 110 Å². The van der Waals surface area contributed by atoms with Crippen LogP contribution < -0.4 is 4.74 Å². The van der Waals surface area contributed by atoms with Crippen molar-refractivity contribution in [1.82, 2.24) is 4.98 Å². The Kier molecular flexibility index (Phi) is 4.25. The molecule has 0 saturated carbocycles. The minimum Gasteiger partial charge on any atom is -0.495 e. The van der Waals surface area contributed by atoms with E-state index in [1.165, 1.54) is 0 Å². The number of aryl methyl sites for hydroxylation is 1. The van der Waals surface area contributed by atoms with Gasteiger partial charge in [0.05, 0.1) is 17.6 Å². The number of pyridine rings is 1. The fraction of sp³-hybridized carbons (Fsp3) is 0.182. The predicted octanol–water partition coefficient (Wildman–Crippen LogP) is 4.28. The molecule has 0 amide bonds. The van der Waals surface area contributed by atoms with Gasteiger partial charge < -0.3 is 4.74 Å². The van der Waals surface area contributed by atoms with Gasteiger partial charge in [-0.3, -0.25) is 0 Å². The number of methoxy groups -OCH3 is 1. The van der Waals surface area contributed by atoms with Crippen LogP contribution in [0.3, 0.4) is 0 Å². The van der Waals surface area contributed by atoms with Crippen molar-refractivity contribution >= 4 is 46.5 Å². The molecule has 0 radical (unpaired) electrons. The predicted molar refractivity (Wildman–Crippen MR) is 70.3 cm³/mol. The molecule has 16 heavy (non-hydrogen) atoms. The molecule has 2 aromatic rings. The van der Waals surface area contributed by atoms with Crippen molar-refractivity contribution < 1.29 is 4.74 Å². The summed E-state index contributed by atoms with van der Waals surface area (Å²) >= 11 is 12.1. The van der Waals surface area contributed by atoms with Gasteiger partial charge in [-0.05, 0) is 30.7 Å². The first kappa shape index (κ1) is 13.4. The van der Waals surface area contributed by atoms with E-state index in [1.54, 1.807) is 19.2 Å². The summed E-state index contributed by atoms with van der Waals surface area (Å²) in [5.74, 6) is 0.649. The molecule has 1 heterocycles. The van der Waals surface area contributed by atoms with E-state index in [0.29, 0.717) is 15.9 Å². The van der Waals surface area contributed by atoms with Crippen LogP contribution in [-0.2, 0) is 0 Å². The smallest absolute Gasteiger partial charge is 0.138 e. The lowest BCUT2D eigenvalue weighted by atomic mass is 10.1. The molecule has 0 aliphatic rings. The SMILES string of the molecule is COc1ccc2nc(Cl)cc(C)c2c1Cl.Cl.